The molecule has 0 fully saturated rings. The molecule has 0 radical (unpaired) electrons. The molecular weight excluding hydrogens is 260 g/mol. The smallest absolute Gasteiger partial charge is 0.189 e. The van der Waals surface area contributed by atoms with Crippen LogP contribution >= 0.6 is 15.9 Å². The summed E-state index contributed by atoms with van der Waals surface area (Å²) in [6.45, 7) is 4.42. The summed E-state index contributed by atoms with van der Waals surface area (Å²) in [5.41, 5.74) is 0.762. The van der Waals surface area contributed by atoms with Crippen molar-refractivity contribution in [3.63, 3.8) is 0 Å². The van der Waals surface area contributed by atoms with E-state index in [9.17, 15) is 5.11 Å². The fraction of sp³-hybridized carbons (Fsp3) is 0.455. The summed E-state index contributed by atoms with van der Waals surface area (Å²) in [5, 5.41) is 9.52. The first kappa shape index (κ1) is 12.5. The molecular formula is C11H15BrO3. The first-order chi connectivity index (χ1) is 7.15. The predicted molar refractivity (Wildman–Crippen MR) is 61.9 cm³/mol. The SMILES string of the molecule is CCOCOc1cc(Br)ccc1C(C)O. The molecule has 0 aliphatic heterocycles. The van der Waals surface area contributed by atoms with Gasteiger partial charge in [-0.2, -0.15) is 0 Å². The van der Waals surface area contributed by atoms with E-state index in [4.69, 9.17) is 9.47 Å². The molecule has 1 rings (SSSR count). The van der Waals surface area contributed by atoms with Gasteiger partial charge in [0.05, 0.1) is 6.10 Å². The van der Waals surface area contributed by atoms with Gasteiger partial charge in [0.25, 0.3) is 0 Å². The zero-order valence-electron chi connectivity index (χ0n) is 8.87. The van der Waals surface area contributed by atoms with E-state index in [1.807, 2.05) is 25.1 Å². The summed E-state index contributed by atoms with van der Waals surface area (Å²) in [5.74, 6) is 0.646. The second-order valence-electron chi connectivity index (χ2n) is 3.11. The molecule has 84 valence electrons. The molecule has 0 bridgehead atoms. The molecule has 1 unspecified atom stereocenters. The maximum Gasteiger partial charge on any atom is 0.189 e. The van der Waals surface area contributed by atoms with Crippen LogP contribution in [0, 0.1) is 0 Å². The highest BCUT2D eigenvalue weighted by molar-refractivity contribution is 9.10. The van der Waals surface area contributed by atoms with Crippen LogP contribution in [0.15, 0.2) is 22.7 Å². The number of benzene rings is 1. The van der Waals surface area contributed by atoms with Crippen molar-refractivity contribution in [3.05, 3.63) is 28.2 Å². The van der Waals surface area contributed by atoms with Crippen molar-refractivity contribution in [2.75, 3.05) is 13.4 Å². The van der Waals surface area contributed by atoms with Crippen LogP contribution < -0.4 is 4.74 Å². The van der Waals surface area contributed by atoms with Crippen LogP contribution in [0.3, 0.4) is 0 Å². The normalized spacial score (nSPS) is 12.5. The molecule has 1 aromatic carbocycles. The summed E-state index contributed by atoms with van der Waals surface area (Å²) in [7, 11) is 0. The summed E-state index contributed by atoms with van der Waals surface area (Å²) >= 11 is 3.35. The van der Waals surface area contributed by atoms with Crippen LogP contribution in [-0.4, -0.2) is 18.5 Å². The number of hydrogen-bond acceptors (Lipinski definition) is 3. The van der Waals surface area contributed by atoms with Crippen molar-refractivity contribution in [1.29, 1.82) is 0 Å². The first-order valence-corrected chi connectivity index (χ1v) is 5.62. The maximum absolute atomic E-state index is 9.52. The van der Waals surface area contributed by atoms with E-state index in [0.29, 0.717) is 12.4 Å². The van der Waals surface area contributed by atoms with Gasteiger partial charge in [-0.1, -0.05) is 22.0 Å². The van der Waals surface area contributed by atoms with E-state index in [1.165, 1.54) is 0 Å². The van der Waals surface area contributed by atoms with Crippen LogP contribution in [0.2, 0.25) is 0 Å². The second-order valence-corrected chi connectivity index (χ2v) is 4.03. The second kappa shape index (κ2) is 6.10. The minimum Gasteiger partial charge on any atom is -0.467 e. The lowest BCUT2D eigenvalue weighted by atomic mass is 10.1. The number of ether oxygens (including phenoxy) is 2. The highest BCUT2D eigenvalue weighted by atomic mass is 79.9. The van der Waals surface area contributed by atoms with Gasteiger partial charge in [0, 0.05) is 16.6 Å². The minimum atomic E-state index is -0.547. The van der Waals surface area contributed by atoms with Crippen molar-refractivity contribution in [3.8, 4) is 5.75 Å². The summed E-state index contributed by atoms with van der Waals surface area (Å²) in [4.78, 5) is 0. The van der Waals surface area contributed by atoms with Gasteiger partial charge in [-0.15, -0.1) is 0 Å². The van der Waals surface area contributed by atoms with Crippen LogP contribution in [-0.2, 0) is 4.74 Å². The van der Waals surface area contributed by atoms with Crippen molar-refractivity contribution in [2.24, 2.45) is 0 Å². The number of halogens is 1. The fourth-order valence-corrected chi connectivity index (χ4v) is 1.51. The molecule has 1 aromatic rings. The topological polar surface area (TPSA) is 38.7 Å². The average Bonchev–Trinajstić information content (AvgIpc) is 2.18. The molecule has 0 aromatic heterocycles. The van der Waals surface area contributed by atoms with E-state index >= 15 is 0 Å². The fourth-order valence-electron chi connectivity index (χ4n) is 1.17. The third-order valence-corrected chi connectivity index (χ3v) is 2.42. The van der Waals surface area contributed by atoms with Crippen LogP contribution in [0.4, 0.5) is 0 Å². The average molecular weight is 275 g/mol. The molecule has 0 amide bonds. The predicted octanol–water partition coefficient (Wildman–Crippen LogP) is 2.88. The first-order valence-electron chi connectivity index (χ1n) is 4.83. The van der Waals surface area contributed by atoms with Gasteiger partial charge < -0.3 is 14.6 Å². The largest absolute Gasteiger partial charge is 0.467 e. The monoisotopic (exact) mass is 274 g/mol. The highest BCUT2D eigenvalue weighted by Crippen LogP contribution is 2.28. The number of rotatable bonds is 5. The van der Waals surface area contributed by atoms with Gasteiger partial charge in [0.2, 0.25) is 0 Å². The van der Waals surface area contributed by atoms with Crippen LogP contribution in [0.25, 0.3) is 0 Å². The lowest BCUT2D eigenvalue weighted by Gasteiger charge is -2.13. The van der Waals surface area contributed by atoms with Gasteiger partial charge in [0.1, 0.15) is 5.75 Å². The summed E-state index contributed by atoms with van der Waals surface area (Å²) in [6.07, 6.45) is -0.547. The Labute approximate surface area is 98.1 Å². The molecule has 0 aliphatic rings. The van der Waals surface area contributed by atoms with E-state index in [0.717, 1.165) is 10.0 Å². The molecule has 0 saturated carbocycles. The zero-order chi connectivity index (χ0) is 11.3. The Morgan fingerprint density at radius 1 is 1.47 bits per heavy atom. The molecule has 1 N–H and O–H groups in total. The van der Waals surface area contributed by atoms with Crippen LogP contribution in [0.1, 0.15) is 25.5 Å². The Kier molecular flexibility index (Phi) is 5.08. The van der Waals surface area contributed by atoms with Gasteiger partial charge in [-0.25, -0.2) is 0 Å². The van der Waals surface area contributed by atoms with Gasteiger partial charge in [-0.05, 0) is 26.0 Å². The third kappa shape index (κ3) is 3.81. The van der Waals surface area contributed by atoms with E-state index in [1.54, 1.807) is 6.92 Å². The molecule has 0 spiro atoms. The lowest BCUT2D eigenvalue weighted by molar-refractivity contribution is 0.0204. The van der Waals surface area contributed by atoms with Crippen molar-refractivity contribution in [2.45, 2.75) is 20.0 Å². The van der Waals surface area contributed by atoms with Gasteiger partial charge >= 0.3 is 0 Å². The van der Waals surface area contributed by atoms with Crippen molar-refractivity contribution >= 4 is 15.9 Å². The minimum absolute atomic E-state index is 0.201. The number of aliphatic hydroxyl groups is 1. The highest BCUT2D eigenvalue weighted by Gasteiger charge is 2.09. The Balaban J connectivity index is 2.77. The molecule has 0 heterocycles. The molecule has 0 saturated heterocycles. The van der Waals surface area contributed by atoms with E-state index in [-0.39, 0.29) is 6.79 Å². The molecule has 0 aliphatic carbocycles. The van der Waals surface area contributed by atoms with E-state index < -0.39 is 6.10 Å². The molecule has 1 atom stereocenters. The summed E-state index contributed by atoms with van der Waals surface area (Å²) < 4.78 is 11.4. The van der Waals surface area contributed by atoms with Gasteiger partial charge in [0.15, 0.2) is 6.79 Å². The van der Waals surface area contributed by atoms with Gasteiger partial charge in [-0.3, -0.25) is 0 Å². The Hall–Kier alpha value is -0.580. The number of aliphatic hydroxyl groups excluding tert-OH is 1. The maximum atomic E-state index is 9.52. The molecule has 4 heteroatoms. The Bertz CT molecular complexity index is 313. The lowest BCUT2D eigenvalue weighted by Crippen LogP contribution is -2.05. The standard InChI is InChI=1S/C11H15BrO3/c1-3-14-7-15-11-6-9(12)4-5-10(11)8(2)13/h4-6,8,13H,3,7H2,1-2H3. The van der Waals surface area contributed by atoms with Crippen LogP contribution in [0.5, 0.6) is 5.75 Å². The van der Waals surface area contributed by atoms with Crippen molar-refractivity contribution in [1.82, 2.24) is 0 Å². The number of hydrogen-bond donors (Lipinski definition) is 1. The Morgan fingerprint density at radius 2 is 2.20 bits per heavy atom. The summed E-state index contributed by atoms with van der Waals surface area (Å²) in [6, 6.07) is 5.52. The van der Waals surface area contributed by atoms with E-state index in [2.05, 4.69) is 15.9 Å². The Morgan fingerprint density at radius 3 is 2.80 bits per heavy atom. The third-order valence-electron chi connectivity index (χ3n) is 1.93. The molecule has 3 nitrogen and oxygen atoms in total. The quantitative estimate of drug-likeness (QED) is 0.663. The molecule has 15 heavy (non-hydrogen) atoms. The van der Waals surface area contributed by atoms with Crippen molar-refractivity contribution < 1.29 is 14.6 Å². The zero-order valence-corrected chi connectivity index (χ0v) is 10.5.